The van der Waals surface area contributed by atoms with E-state index in [1.807, 2.05) is 43.0 Å². The van der Waals surface area contributed by atoms with E-state index in [9.17, 15) is 14.7 Å². The van der Waals surface area contributed by atoms with Gasteiger partial charge in [0.05, 0.1) is 11.6 Å². The summed E-state index contributed by atoms with van der Waals surface area (Å²) in [5.74, 6) is -0.313. The maximum absolute atomic E-state index is 12.2. The SMILES string of the molecule is Cc1cc(N2CCN(C(=O)CN(C)C)CC2)ccc1CN1C(=O)C(Cl)=C(Cl)C1O. The van der Waals surface area contributed by atoms with Crippen LogP contribution < -0.4 is 4.90 Å². The minimum atomic E-state index is -1.21. The highest BCUT2D eigenvalue weighted by atomic mass is 35.5. The number of aliphatic hydroxyl groups excluding tert-OH is 1. The second-order valence-corrected chi connectivity index (χ2v) is 8.47. The summed E-state index contributed by atoms with van der Waals surface area (Å²) < 4.78 is 0. The standard InChI is InChI=1S/C20H26Cl2N4O3/c1-13-10-15(24-6-8-25(9-7-24)16(27)12-23(2)3)5-4-14(13)11-26-19(28)17(21)18(22)20(26)29/h4-5,10,19,28H,6-9,11-12H2,1-3H3. The van der Waals surface area contributed by atoms with Gasteiger partial charge in [0, 0.05) is 38.4 Å². The number of benzene rings is 1. The Morgan fingerprint density at radius 1 is 1.21 bits per heavy atom. The first-order valence-electron chi connectivity index (χ1n) is 9.50. The van der Waals surface area contributed by atoms with Crippen molar-refractivity contribution in [1.82, 2.24) is 14.7 Å². The Balaban J connectivity index is 1.62. The number of piperazine rings is 1. The van der Waals surface area contributed by atoms with Gasteiger partial charge in [0.1, 0.15) is 5.03 Å². The normalized spacial score (nSPS) is 20.3. The van der Waals surface area contributed by atoms with Gasteiger partial charge in [0.25, 0.3) is 5.91 Å². The Kier molecular flexibility index (Phi) is 6.73. The zero-order valence-corrected chi connectivity index (χ0v) is 18.4. The van der Waals surface area contributed by atoms with Gasteiger partial charge in [-0.15, -0.1) is 0 Å². The monoisotopic (exact) mass is 440 g/mol. The molecule has 0 bridgehead atoms. The number of likely N-dealkylation sites (N-methyl/N-ethyl adjacent to an activating group) is 1. The van der Waals surface area contributed by atoms with E-state index in [0.717, 1.165) is 29.9 Å². The molecule has 7 nitrogen and oxygen atoms in total. The molecule has 2 heterocycles. The van der Waals surface area contributed by atoms with Crippen molar-refractivity contribution in [2.75, 3.05) is 51.7 Å². The minimum Gasteiger partial charge on any atom is -0.368 e. The Hall–Kier alpha value is -1.80. The van der Waals surface area contributed by atoms with Crippen LogP contribution in [-0.4, -0.2) is 84.7 Å². The number of nitrogens with zero attached hydrogens (tertiary/aromatic N) is 4. The van der Waals surface area contributed by atoms with Gasteiger partial charge in [-0.2, -0.15) is 0 Å². The molecule has 1 saturated heterocycles. The summed E-state index contributed by atoms with van der Waals surface area (Å²) in [6.45, 7) is 5.57. The van der Waals surface area contributed by atoms with E-state index in [4.69, 9.17) is 23.2 Å². The molecule has 1 unspecified atom stereocenters. The van der Waals surface area contributed by atoms with Gasteiger partial charge in [-0.1, -0.05) is 29.3 Å². The average molecular weight is 441 g/mol. The molecule has 9 heteroatoms. The smallest absolute Gasteiger partial charge is 0.269 e. The first-order valence-corrected chi connectivity index (χ1v) is 10.3. The minimum absolute atomic E-state index is 0.0346. The van der Waals surface area contributed by atoms with Gasteiger partial charge in [0.15, 0.2) is 6.23 Å². The molecule has 29 heavy (non-hydrogen) atoms. The Bertz CT molecular complexity index is 835. The Morgan fingerprint density at radius 2 is 1.86 bits per heavy atom. The summed E-state index contributed by atoms with van der Waals surface area (Å²) in [7, 11) is 3.79. The second-order valence-electron chi connectivity index (χ2n) is 7.69. The predicted octanol–water partition coefficient (Wildman–Crippen LogP) is 1.56. The fourth-order valence-corrected chi connectivity index (χ4v) is 3.97. The van der Waals surface area contributed by atoms with E-state index in [1.54, 1.807) is 0 Å². The number of amides is 2. The van der Waals surface area contributed by atoms with Crippen LogP contribution in [0.4, 0.5) is 5.69 Å². The summed E-state index contributed by atoms with van der Waals surface area (Å²) in [6, 6.07) is 6.02. The molecule has 2 aliphatic rings. The number of anilines is 1. The van der Waals surface area contributed by atoms with Crippen molar-refractivity contribution in [1.29, 1.82) is 0 Å². The fraction of sp³-hybridized carbons (Fsp3) is 0.500. The number of aliphatic hydroxyl groups is 1. The molecule has 0 aliphatic carbocycles. The zero-order chi connectivity index (χ0) is 21.3. The van der Waals surface area contributed by atoms with E-state index in [1.165, 1.54) is 4.90 Å². The van der Waals surface area contributed by atoms with Gasteiger partial charge < -0.3 is 24.7 Å². The highest BCUT2D eigenvalue weighted by Gasteiger charge is 2.36. The lowest BCUT2D eigenvalue weighted by Crippen LogP contribution is -2.50. The highest BCUT2D eigenvalue weighted by Crippen LogP contribution is 2.32. The number of rotatable bonds is 5. The molecular formula is C20H26Cl2N4O3. The van der Waals surface area contributed by atoms with Crippen LogP contribution in [0.25, 0.3) is 0 Å². The molecule has 1 fully saturated rings. The summed E-state index contributed by atoms with van der Waals surface area (Å²) in [6.07, 6.45) is -1.21. The fourth-order valence-electron chi connectivity index (χ4n) is 3.57. The Labute approximate surface area is 181 Å². The van der Waals surface area contributed by atoms with Crippen molar-refractivity contribution in [3.63, 3.8) is 0 Å². The van der Waals surface area contributed by atoms with Gasteiger partial charge in [-0.25, -0.2) is 0 Å². The van der Waals surface area contributed by atoms with E-state index < -0.39 is 12.1 Å². The van der Waals surface area contributed by atoms with Crippen molar-refractivity contribution in [2.24, 2.45) is 0 Å². The van der Waals surface area contributed by atoms with Crippen molar-refractivity contribution in [2.45, 2.75) is 19.7 Å². The summed E-state index contributed by atoms with van der Waals surface area (Å²) in [5.41, 5.74) is 3.00. The quantitative estimate of drug-likeness (QED) is 0.752. The number of hydrogen-bond donors (Lipinski definition) is 1. The maximum Gasteiger partial charge on any atom is 0.269 e. The van der Waals surface area contributed by atoms with Crippen molar-refractivity contribution < 1.29 is 14.7 Å². The van der Waals surface area contributed by atoms with E-state index in [2.05, 4.69) is 11.0 Å². The number of aryl methyl sites for hydroxylation is 1. The molecule has 0 aromatic heterocycles. The molecule has 1 aromatic rings. The molecule has 1 atom stereocenters. The molecule has 0 saturated carbocycles. The van der Waals surface area contributed by atoms with Crippen molar-refractivity contribution in [3.8, 4) is 0 Å². The van der Waals surface area contributed by atoms with Crippen LogP contribution in [0.5, 0.6) is 0 Å². The summed E-state index contributed by atoms with van der Waals surface area (Å²) in [5, 5.41) is 9.96. The third kappa shape index (κ3) is 4.69. The topological polar surface area (TPSA) is 67.3 Å². The summed E-state index contributed by atoms with van der Waals surface area (Å²) in [4.78, 5) is 31.7. The van der Waals surface area contributed by atoms with Gasteiger partial charge >= 0.3 is 0 Å². The molecule has 158 valence electrons. The molecule has 2 amide bonds. The zero-order valence-electron chi connectivity index (χ0n) is 16.9. The lowest BCUT2D eigenvalue weighted by atomic mass is 10.1. The molecule has 1 N–H and O–H groups in total. The summed E-state index contributed by atoms with van der Waals surface area (Å²) >= 11 is 11.8. The molecule has 0 spiro atoms. The van der Waals surface area contributed by atoms with Crippen LogP contribution in [-0.2, 0) is 16.1 Å². The second kappa shape index (κ2) is 8.92. The number of halogens is 2. The van der Waals surface area contributed by atoms with Crippen LogP contribution in [0, 0.1) is 6.92 Å². The molecule has 2 aliphatic heterocycles. The highest BCUT2D eigenvalue weighted by molar-refractivity contribution is 6.49. The first-order chi connectivity index (χ1) is 13.7. The molecule has 1 aromatic carbocycles. The third-order valence-electron chi connectivity index (χ3n) is 5.30. The van der Waals surface area contributed by atoms with Crippen LogP contribution >= 0.6 is 23.2 Å². The molecule has 3 rings (SSSR count). The number of carbonyl (C=O) groups excluding carboxylic acids is 2. The van der Waals surface area contributed by atoms with Gasteiger partial charge in [0.2, 0.25) is 5.91 Å². The van der Waals surface area contributed by atoms with Gasteiger partial charge in [-0.3, -0.25) is 9.59 Å². The third-order valence-corrected chi connectivity index (χ3v) is 6.14. The largest absolute Gasteiger partial charge is 0.368 e. The lowest BCUT2D eigenvalue weighted by molar-refractivity contribution is -0.132. The van der Waals surface area contributed by atoms with E-state index in [-0.39, 0.29) is 22.5 Å². The van der Waals surface area contributed by atoms with Crippen LogP contribution in [0.15, 0.2) is 28.3 Å². The molecular weight excluding hydrogens is 415 g/mol. The van der Waals surface area contributed by atoms with Crippen LogP contribution in [0.2, 0.25) is 0 Å². The van der Waals surface area contributed by atoms with Crippen LogP contribution in [0.3, 0.4) is 0 Å². The average Bonchev–Trinajstić information content (AvgIpc) is 2.86. The number of hydrogen-bond acceptors (Lipinski definition) is 5. The Morgan fingerprint density at radius 3 is 2.38 bits per heavy atom. The number of carbonyl (C=O) groups is 2. The van der Waals surface area contributed by atoms with Gasteiger partial charge in [-0.05, 0) is 44.3 Å². The van der Waals surface area contributed by atoms with Crippen molar-refractivity contribution >= 4 is 40.7 Å². The lowest BCUT2D eigenvalue weighted by Gasteiger charge is -2.37. The van der Waals surface area contributed by atoms with E-state index >= 15 is 0 Å². The predicted molar refractivity (Wildman–Crippen MR) is 114 cm³/mol. The van der Waals surface area contributed by atoms with E-state index in [0.29, 0.717) is 19.6 Å². The van der Waals surface area contributed by atoms with Crippen LogP contribution in [0.1, 0.15) is 11.1 Å². The molecule has 0 radical (unpaired) electrons. The maximum atomic E-state index is 12.2. The van der Waals surface area contributed by atoms with Crippen molar-refractivity contribution in [3.05, 3.63) is 39.4 Å². The first kappa shape index (κ1) is 21.9.